The molecular formula is C21H25NO5S. The summed E-state index contributed by atoms with van der Waals surface area (Å²) in [7, 11) is -3.64. The fourth-order valence-corrected chi connectivity index (χ4v) is 5.04. The number of carbonyl (C=O) groups is 1. The van der Waals surface area contributed by atoms with Gasteiger partial charge in [-0.2, -0.15) is 0 Å². The number of aromatic hydroxyl groups is 1. The minimum Gasteiger partial charge on any atom is -0.508 e. The Morgan fingerprint density at radius 3 is 2.11 bits per heavy atom. The molecule has 6 nitrogen and oxygen atoms in total. The van der Waals surface area contributed by atoms with Gasteiger partial charge in [-0.1, -0.05) is 37.1 Å². The van der Waals surface area contributed by atoms with E-state index in [-0.39, 0.29) is 22.5 Å². The quantitative estimate of drug-likeness (QED) is 0.628. The number of rotatable bonds is 8. The normalized spacial score (nSPS) is 16.1. The highest BCUT2D eigenvalue weighted by Gasteiger charge is 2.35. The molecule has 0 aliphatic heterocycles. The Hall–Kier alpha value is -2.38. The molecule has 0 atom stereocenters. The monoisotopic (exact) mass is 403 g/mol. The summed E-state index contributed by atoms with van der Waals surface area (Å²) in [5, 5.41) is 18.2. The Bertz CT molecular complexity index is 914. The summed E-state index contributed by atoms with van der Waals surface area (Å²) in [6.45, 7) is 0.354. The van der Waals surface area contributed by atoms with Crippen LogP contribution in [0.25, 0.3) is 0 Å². The molecule has 3 N–H and O–H groups in total. The number of benzene rings is 2. The van der Waals surface area contributed by atoms with Crippen LogP contribution >= 0.6 is 0 Å². The van der Waals surface area contributed by atoms with E-state index in [9.17, 15) is 18.3 Å². The summed E-state index contributed by atoms with van der Waals surface area (Å²) >= 11 is 0. The number of phenols is 1. The van der Waals surface area contributed by atoms with Gasteiger partial charge in [-0.05, 0) is 60.1 Å². The summed E-state index contributed by atoms with van der Waals surface area (Å²) < 4.78 is 27.9. The molecule has 7 heteroatoms. The van der Waals surface area contributed by atoms with Crippen molar-refractivity contribution in [3.05, 3.63) is 59.7 Å². The van der Waals surface area contributed by atoms with Crippen LogP contribution in [0.5, 0.6) is 5.75 Å². The van der Waals surface area contributed by atoms with Crippen LogP contribution in [-0.4, -0.2) is 31.1 Å². The number of carboxylic acids is 1. The summed E-state index contributed by atoms with van der Waals surface area (Å²) in [4.78, 5) is 11.0. The predicted octanol–water partition coefficient (Wildman–Crippen LogP) is 3.10. The second-order valence-electron chi connectivity index (χ2n) is 7.59. The number of hydrogen-bond donors (Lipinski definition) is 3. The number of carboxylic acid groups (broad SMARTS) is 1. The van der Waals surface area contributed by atoms with E-state index in [4.69, 9.17) is 5.11 Å². The van der Waals surface area contributed by atoms with Crippen LogP contribution < -0.4 is 4.72 Å². The van der Waals surface area contributed by atoms with Crippen LogP contribution in [0.2, 0.25) is 0 Å². The zero-order chi connectivity index (χ0) is 20.2. The third-order valence-electron chi connectivity index (χ3n) is 5.41. The molecule has 0 unspecified atom stereocenters. The molecule has 2 aromatic rings. The average Bonchev–Trinajstić information content (AvgIpc) is 3.11. The molecule has 0 radical (unpaired) electrons. The van der Waals surface area contributed by atoms with Gasteiger partial charge in [0, 0.05) is 6.54 Å². The number of phenolic OH excluding ortho intramolecular Hbond substituents is 1. The minimum atomic E-state index is -3.64. The van der Waals surface area contributed by atoms with Crippen LogP contribution in [0.1, 0.15) is 36.8 Å². The molecule has 0 saturated heterocycles. The van der Waals surface area contributed by atoms with Crippen LogP contribution in [0.4, 0.5) is 0 Å². The van der Waals surface area contributed by atoms with Gasteiger partial charge in [-0.15, -0.1) is 0 Å². The maximum Gasteiger partial charge on any atom is 0.307 e. The van der Waals surface area contributed by atoms with Crippen molar-refractivity contribution < 1.29 is 23.4 Å². The summed E-state index contributed by atoms with van der Waals surface area (Å²) in [6, 6.07) is 13.0. The first kappa shape index (κ1) is 20.4. The molecule has 1 fully saturated rings. The van der Waals surface area contributed by atoms with Gasteiger partial charge in [-0.3, -0.25) is 4.79 Å². The van der Waals surface area contributed by atoms with Crippen LogP contribution in [-0.2, 0) is 27.7 Å². The molecule has 150 valence electrons. The third-order valence-corrected chi connectivity index (χ3v) is 6.82. The maximum atomic E-state index is 12.6. The Morgan fingerprint density at radius 1 is 0.964 bits per heavy atom. The first-order valence-corrected chi connectivity index (χ1v) is 10.8. The fourth-order valence-electron chi connectivity index (χ4n) is 3.88. The van der Waals surface area contributed by atoms with Crippen molar-refractivity contribution in [1.82, 2.24) is 4.72 Å². The topological polar surface area (TPSA) is 104 Å². The second-order valence-corrected chi connectivity index (χ2v) is 9.36. The maximum absolute atomic E-state index is 12.6. The zero-order valence-electron chi connectivity index (χ0n) is 15.6. The van der Waals surface area contributed by atoms with Gasteiger partial charge in [0.25, 0.3) is 0 Å². The predicted molar refractivity (Wildman–Crippen MR) is 106 cm³/mol. The SMILES string of the molecule is O=C(O)Cc1ccc(CC2(CNS(=O)(=O)c3ccc(O)cc3)CCCC2)cc1. The largest absolute Gasteiger partial charge is 0.508 e. The van der Waals surface area contributed by atoms with Crippen molar-refractivity contribution in [1.29, 1.82) is 0 Å². The summed E-state index contributed by atoms with van der Waals surface area (Å²) in [5.74, 6) is -0.832. The molecule has 0 spiro atoms. The molecule has 1 saturated carbocycles. The molecule has 0 aromatic heterocycles. The van der Waals surface area contributed by atoms with E-state index in [1.54, 1.807) is 0 Å². The minimum absolute atomic E-state index is 0.00213. The molecule has 0 heterocycles. The van der Waals surface area contributed by atoms with Crippen molar-refractivity contribution in [2.24, 2.45) is 5.41 Å². The number of hydrogen-bond acceptors (Lipinski definition) is 4. The van der Waals surface area contributed by atoms with Crippen LogP contribution in [0.3, 0.4) is 0 Å². The van der Waals surface area contributed by atoms with E-state index < -0.39 is 16.0 Å². The van der Waals surface area contributed by atoms with Crippen molar-refractivity contribution in [3.63, 3.8) is 0 Å². The number of nitrogens with one attached hydrogen (secondary N) is 1. The van der Waals surface area contributed by atoms with Crippen LogP contribution in [0.15, 0.2) is 53.4 Å². The zero-order valence-corrected chi connectivity index (χ0v) is 16.4. The molecular weight excluding hydrogens is 378 g/mol. The van der Waals surface area contributed by atoms with Crippen molar-refractivity contribution in [2.75, 3.05) is 6.54 Å². The van der Waals surface area contributed by atoms with E-state index in [0.29, 0.717) is 6.54 Å². The molecule has 0 amide bonds. The van der Waals surface area contributed by atoms with Crippen molar-refractivity contribution in [3.8, 4) is 5.75 Å². The van der Waals surface area contributed by atoms with Crippen molar-refractivity contribution >= 4 is 16.0 Å². The van der Waals surface area contributed by atoms with E-state index in [0.717, 1.165) is 43.2 Å². The summed E-state index contributed by atoms with van der Waals surface area (Å²) in [5.41, 5.74) is 1.70. The number of aliphatic carboxylic acids is 1. The second kappa shape index (κ2) is 8.32. The molecule has 28 heavy (non-hydrogen) atoms. The molecule has 1 aliphatic carbocycles. The highest BCUT2D eigenvalue weighted by molar-refractivity contribution is 7.89. The standard InChI is InChI=1S/C21H25NO5S/c23-18-7-9-19(10-8-18)28(26,27)22-15-21(11-1-2-12-21)14-17-5-3-16(4-6-17)13-20(24)25/h3-10,22-23H,1-2,11-15H2,(H,24,25). The Labute approximate surface area is 165 Å². The highest BCUT2D eigenvalue weighted by Crippen LogP contribution is 2.40. The Balaban J connectivity index is 1.70. The molecule has 2 aromatic carbocycles. The lowest BCUT2D eigenvalue weighted by Gasteiger charge is -2.29. The smallest absolute Gasteiger partial charge is 0.307 e. The molecule has 0 bridgehead atoms. The molecule has 3 rings (SSSR count). The lowest BCUT2D eigenvalue weighted by atomic mass is 9.80. The van der Waals surface area contributed by atoms with Gasteiger partial charge in [0.2, 0.25) is 10.0 Å². The van der Waals surface area contributed by atoms with E-state index in [1.807, 2.05) is 24.3 Å². The van der Waals surface area contributed by atoms with Gasteiger partial charge in [0.15, 0.2) is 0 Å². The summed E-state index contributed by atoms with van der Waals surface area (Å²) in [6.07, 6.45) is 4.77. The highest BCUT2D eigenvalue weighted by atomic mass is 32.2. The molecule has 1 aliphatic rings. The van der Waals surface area contributed by atoms with E-state index in [2.05, 4.69) is 4.72 Å². The lowest BCUT2D eigenvalue weighted by molar-refractivity contribution is -0.136. The van der Waals surface area contributed by atoms with E-state index in [1.165, 1.54) is 24.3 Å². The average molecular weight is 404 g/mol. The lowest BCUT2D eigenvalue weighted by Crippen LogP contribution is -2.37. The van der Waals surface area contributed by atoms with Gasteiger partial charge in [0.1, 0.15) is 5.75 Å². The van der Waals surface area contributed by atoms with Gasteiger partial charge >= 0.3 is 5.97 Å². The first-order chi connectivity index (χ1) is 13.3. The first-order valence-electron chi connectivity index (χ1n) is 9.36. The fraction of sp³-hybridized carbons (Fsp3) is 0.381. The van der Waals surface area contributed by atoms with Gasteiger partial charge in [-0.25, -0.2) is 13.1 Å². The van der Waals surface area contributed by atoms with Gasteiger partial charge in [0.05, 0.1) is 11.3 Å². The third kappa shape index (κ3) is 5.11. The van der Waals surface area contributed by atoms with Gasteiger partial charge < -0.3 is 10.2 Å². The Kier molecular flexibility index (Phi) is 6.05. The van der Waals surface area contributed by atoms with Crippen LogP contribution in [0, 0.1) is 5.41 Å². The van der Waals surface area contributed by atoms with Crippen molar-refractivity contribution in [2.45, 2.75) is 43.4 Å². The van der Waals surface area contributed by atoms with E-state index >= 15 is 0 Å². The Morgan fingerprint density at radius 2 is 1.54 bits per heavy atom. The number of sulfonamides is 1.